The molecule has 0 amide bonds. The molecule has 1 fully saturated rings. The standard InChI is InChI=1S/C15H23N2O17P2/c18-3-6(21)10(23)11(24)7(4-19)32-36(30,34-35(27,28)29)33-13-8(5-20)31-14(12(13)25)17-2-1-9(22)16-15(17)26/h1-2,4-8,10-14,18,20-21,23-25H,3H2,(H,16,22,26)(H2,27,28,29)/q-1/t6-,7+,8-,10+,11-,12-,13-,14-,36?/m1/s1. The first-order valence-electron chi connectivity index (χ1n) is 9.63. The summed E-state index contributed by atoms with van der Waals surface area (Å²) >= 11 is 0. The van der Waals surface area contributed by atoms with Crippen molar-refractivity contribution < 1.29 is 72.4 Å². The molecule has 0 radical (unpaired) electrons. The number of phosphoric acid groups is 2. The fourth-order valence-electron chi connectivity index (χ4n) is 2.97. The van der Waals surface area contributed by atoms with E-state index < -0.39 is 82.5 Å². The Hall–Kier alpha value is -1.67. The van der Waals surface area contributed by atoms with Crippen molar-refractivity contribution in [1.82, 2.24) is 9.55 Å². The lowest BCUT2D eigenvalue weighted by Gasteiger charge is -2.31. The molecule has 1 saturated heterocycles. The van der Waals surface area contributed by atoms with Crippen LogP contribution in [0.2, 0.25) is 0 Å². The van der Waals surface area contributed by atoms with Gasteiger partial charge in [-0.15, -0.1) is 0 Å². The Labute approximate surface area is 199 Å². The molecule has 0 aromatic carbocycles. The van der Waals surface area contributed by atoms with Crippen LogP contribution in [0.25, 0.3) is 0 Å². The zero-order valence-corrected chi connectivity index (χ0v) is 19.5. The highest BCUT2D eigenvalue weighted by Crippen LogP contribution is 2.63. The monoisotopic (exact) mass is 565 g/mol. The van der Waals surface area contributed by atoms with Crippen LogP contribution < -0.4 is 11.2 Å². The molecule has 19 nitrogen and oxygen atoms in total. The predicted molar refractivity (Wildman–Crippen MR) is 109 cm³/mol. The Morgan fingerprint density at radius 2 is 1.86 bits per heavy atom. The van der Waals surface area contributed by atoms with Gasteiger partial charge in [0, 0.05) is 12.3 Å². The normalized spacial score (nSPS) is 27.7. The number of hydrogen-bond donors (Lipinski definition) is 9. The second kappa shape index (κ2) is 12.2. The van der Waals surface area contributed by atoms with Crippen LogP contribution in [-0.2, 0) is 32.0 Å². The lowest BCUT2D eigenvalue weighted by molar-refractivity contribution is -0.136. The number of hydrogen-bond acceptors (Lipinski definition) is 15. The lowest BCUT2D eigenvalue weighted by Crippen LogP contribution is -2.47. The van der Waals surface area contributed by atoms with E-state index in [2.05, 4.69) is 8.83 Å². The maximum Gasteiger partial charge on any atom is 0.484 e. The quantitative estimate of drug-likeness (QED) is 0.0619. The fraction of sp³-hybridized carbons (Fsp3) is 0.600. The first kappa shape index (κ1) is 30.6. The van der Waals surface area contributed by atoms with Crippen molar-refractivity contribution in [3.63, 3.8) is 0 Å². The molecule has 1 aliphatic rings. The van der Waals surface area contributed by atoms with Crippen molar-refractivity contribution in [2.45, 2.75) is 49.0 Å². The Bertz CT molecular complexity index is 1100. The van der Waals surface area contributed by atoms with Crippen molar-refractivity contribution in [2.75, 3.05) is 6.61 Å². The van der Waals surface area contributed by atoms with Gasteiger partial charge in [-0.2, -0.15) is 10.9 Å². The number of aromatic nitrogens is 2. The van der Waals surface area contributed by atoms with Gasteiger partial charge in [0.15, 0.2) is 18.6 Å². The van der Waals surface area contributed by atoms with Crippen LogP contribution in [0.4, 0.5) is 0 Å². The van der Waals surface area contributed by atoms with Gasteiger partial charge < -0.3 is 50.0 Å². The zero-order chi connectivity index (χ0) is 27.4. The van der Waals surface area contributed by atoms with E-state index in [1.165, 1.54) is 0 Å². The van der Waals surface area contributed by atoms with Crippen LogP contribution in [0.15, 0.2) is 21.9 Å². The van der Waals surface area contributed by atoms with Gasteiger partial charge in [0.2, 0.25) is 0 Å². The Kier molecular flexibility index (Phi) is 10.4. The number of rotatable bonds is 13. The first-order chi connectivity index (χ1) is 16.7. The zero-order valence-electron chi connectivity index (χ0n) is 17.7. The molecule has 206 valence electrons. The van der Waals surface area contributed by atoms with Crippen LogP contribution in [-0.4, -0.2) is 106 Å². The predicted octanol–water partition coefficient (Wildman–Crippen LogP) is -4.41. The third-order valence-corrected chi connectivity index (χ3v) is 7.29. The molecule has 0 saturated carbocycles. The van der Waals surface area contributed by atoms with Gasteiger partial charge in [-0.25, -0.2) is 13.9 Å². The third kappa shape index (κ3) is 7.44. The van der Waals surface area contributed by atoms with Crippen LogP contribution in [0.5, 0.6) is 0 Å². The van der Waals surface area contributed by atoms with E-state index in [-0.39, 0.29) is 12.9 Å². The summed E-state index contributed by atoms with van der Waals surface area (Å²) in [5.74, 6) is 0. The molecule has 2 rings (SSSR count). The highest BCUT2D eigenvalue weighted by molar-refractivity contribution is 7.61. The van der Waals surface area contributed by atoms with Crippen molar-refractivity contribution in [2.24, 2.45) is 0 Å². The molecule has 1 aromatic rings. The number of aldehydes is 1. The second-order valence-electron chi connectivity index (χ2n) is 7.18. The number of nitrogens with zero attached hydrogens (tertiary/aromatic N) is 1. The number of aliphatic hydroxyl groups is 6. The lowest BCUT2D eigenvalue weighted by atomic mass is 10.0. The van der Waals surface area contributed by atoms with Gasteiger partial charge in [-0.1, -0.05) is 0 Å². The van der Waals surface area contributed by atoms with Gasteiger partial charge in [-0.05, 0) is 6.10 Å². The Balaban J connectivity index is 2.39. The van der Waals surface area contributed by atoms with E-state index in [1.54, 1.807) is 0 Å². The molecule has 0 bridgehead atoms. The van der Waals surface area contributed by atoms with Crippen molar-refractivity contribution >= 4 is 21.9 Å². The van der Waals surface area contributed by atoms with Gasteiger partial charge in [0.05, 0.1) is 6.61 Å². The van der Waals surface area contributed by atoms with Gasteiger partial charge >= 0.3 is 21.3 Å². The minimum atomic E-state index is -5.78. The van der Waals surface area contributed by atoms with Crippen molar-refractivity contribution in [3.05, 3.63) is 39.7 Å². The number of ether oxygens (including phenoxy) is 1. The number of carbonyl (C=O) groups is 1. The minimum Gasteiger partial charge on any atom is -0.563 e. The highest BCUT2D eigenvalue weighted by atomic mass is 31.3. The summed E-state index contributed by atoms with van der Waals surface area (Å²) in [6.07, 6.45) is -16.4. The third-order valence-electron chi connectivity index (χ3n) is 4.63. The van der Waals surface area contributed by atoms with Crippen LogP contribution in [0.3, 0.4) is 0 Å². The van der Waals surface area contributed by atoms with E-state index >= 15 is 0 Å². The molecule has 1 unspecified atom stereocenters. The molecule has 9 atom stereocenters. The van der Waals surface area contributed by atoms with Crippen LogP contribution in [0, 0.1) is 6.61 Å². The second-order valence-corrected chi connectivity index (χ2v) is 10.1. The molecule has 2 heterocycles. The molecule has 0 spiro atoms. The number of nitrogens with one attached hydrogen (secondary N) is 1. The average molecular weight is 565 g/mol. The van der Waals surface area contributed by atoms with Crippen LogP contribution >= 0.6 is 15.6 Å². The maximum absolute atomic E-state index is 13.1. The summed E-state index contributed by atoms with van der Waals surface area (Å²) in [5, 5.41) is 58.0. The van der Waals surface area contributed by atoms with E-state index in [9.17, 15) is 49.0 Å². The number of aromatic amines is 1. The van der Waals surface area contributed by atoms with Crippen molar-refractivity contribution in [1.29, 1.82) is 0 Å². The topological polar surface area (TPSA) is 305 Å². The first-order valence-corrected chi connectivity index (χ1v) is 12.6. The number of H-pyrrole nitrogens is 1. The summed E-state index contributed by atoms with van der Waals surface area (Å²) in [5.41, 5.74) is -1.92. The van der Waals surface area contributed by atoms with E-state index in [0.29, 0.717) is 4.57 Å². The SMILES string of the molecule is O=C[C@H](OP(=O)(O[C@H]1[C@@H](O)[C@H](n2ccc(=O)[nH]c2=O)O[C@@H]1[CH-]O)OP(=O)(O)O)[C@@H](O)[C@@H](O)[C@H](O)CO. The summed E-state index contributed by atoms with van der Waals surface area (Å²) < 4.78 is 43.7. The summed E-state index contributed by atoms with van der Waals surface area (Å²) in [4.78, 5) is 54.7. The largest absolute Gasteiger partial charge is 0.563 e. The van der Waals surface area contributed by atoms with E-state index in [0.717, 1.165) is 12.3 Å². The summed E-state index contributed by atoms with van der Waals surface area (Å²) in [6.45, 7) is -0.887. The smallest absolute Gasteiger partial charge is 0.484 e. The molecule has 0 aliphatic carbocycles. The van der Waals surface area contributed by atoms with Gasteiger partial charge in [0.1, 0.15) is 30.5 Å². The molecule has 1 aromatic heterocycles. The van der Waals surface area contributed by atoms with Gasteiger partial charge in [0.25, 0.3) is 5.56 Å². The average Bonchev–Trinajstić information content (AvgIpc) is 3.09. The molecular formula is C15H23N2O17P2-. The Morgan fingerprint density at radius 1 is 1.22 bits per heavy atom. The molecule has 21 heteroatoms. The Morgan fingerprint density at radius 3 is 2.36 bits per heavy atom. The van der Waals surface area contributed by atoms with E-state index in [1.807, 2.05) is 4.98 Å². The summed E-state index contributed by atoms with van der Waals surface area (Å²) in [6, 6.07) is 0.858. The molecule has 9 N–H and O–H groups in total. The van der Waals surface area contributed by atoms with Crippen molar-refractivity contribution in [3.8, 4) is 0 Å². The molecule has 36 heavy (non-hydrogen) atoms. The summed E-state index contributed by atoms with van der Waals surface area (Å²) in [7, 11) is -11.5. The maximum atomic E-state index is 13.1. The van der Waals surface area contributed by atoms with Crippen LogP contribution in [0.1, 0.15) is 6.23 Å². The minimum absolute atomic E-state index is 0.222. The van der Waals surface area contributed by atoms with E-state index in [4.69, 9.17) is 24.2 Å². The number of aliphatic hydroxyl groups excluding tert-OH is 6. The molecular weight excluding hydrogens is 542 g/mol. The highest BCUT2D eigenvalue weighted by Gasteiger charge is 2.50. The fourth-order valence-corrected chi connectivity index (χ4v) is 5.38. The van der Waals surface area contributed by atoms with Gasteiger partial charge in [-0.3, -0.25) is 23.4 Å². The number of phosphoric ester groups is 1. The molecule has 1 aliphatic heterocycles. The number of carbonyl (C=O) groups excluding carboxylic acids is 1.